The molecular weight excluding hydrogens is 261 g/mol. The van der Waals surface area contributed by atoms with Crippen molar-refractivity contribution < 1.29 is 14.0 Å². The topological polar surface area (TPSA) is 75.4 Å². The van der Waals surface area contributed by atoms with Crippen LogP contribution in [0.2, 0.25) is 0 Å². The molecule has 1 saturated heterocycles. The van der Waals surface area contributed by atoms with Gasteiger partial charge in [0.2, 0.25) is 11.8 Å². The van der Waals surface area contributed by atoms with Crippen LogP contribution in [0.25, 0.3) is 0 Å². The Labute approximate surface area is 116 Å². The van der Waals surface area contributed by atoms with Crippen molar-refractivity contribution in [3.63, 3.8) is 0 Å². The van der Waals surface area contributed by atoms with Crippen LogP contribution in [0, 0.1) is 5.82 Å². The summed E-state index contributed by atoms with van der Waals surface area (Å²) >= 11 is 0. The molecule has 20 heavy (non-hydrogen) atoms. The molecule has 1 aromatic carbocycles. The second-order valence-electron chi connectivity index (χ2n) is 4.86. The molecule has 1 aliphatic rings. The number of rotatable bonds is 5. The average molecular weight is 279 g/mol. The Hall–Kier alpha value is -1.95. The highest BCUT2D eigenvalue weighted by atomic mass is 19.1. The summed E-state index contributed by atoms with van der Waals surface area (Å²) in [5.41, 5.74) is 5.62. The van der Waals surface area contributed by atoms with E-state index in [4.69, 9.17) is 5.73 Å². The van der Waals surface area contributed by atoms with Crippen LogP contribution in [-0.2, 0) is 11.3 Å². The molecule has 1 fully saturated rings. The first-order valence-electron chi connectivity index (χ1n) is 6.64. The van der Waals surface area contributed by atoms with Crippen LogP contribution in [0.5, 0.6) is 0 Å². The van der Waals surface area contributed by atoms with Crippen molar-refractivity contribution in [3.8, 4) is 0 Å². The highest BCUT2D eigenvalue weighted by Gasteiger charge is 2.17. The summed E-state index contributed by atoms with van der Waals surface area (Å²) in [5, 5.41) is 2.92. The van der Waals surface area contributed by atoms with E-state index in [0.717, 1.165) is 32.0 Å². The molecule has 1 aliphatic heterocycles. The van der Waals surface area contributed by atoms with Gasteiger partial charge >= 0.3 is 0 Å². The summed E-state index contributed by atoms with van der Waals surface area (Å²) in [6.45, 7) is 2.05. The van der Waals surface area contributed by atoms with Crippen LogP contribution in [-0.4, -0.2) is 36.3 Å². The second kappa shape index (κ2) is 6.47. The van der Waals surface area contributed by atoms with Crippen molar-refractivity contribution in [2.45, 2.75) is 19.4 Å². The highest BCUT2D eigenvalue weighted by molar-refractivity contribution is 5.92. The fourth-order valence-electron chi connectivity index (χ4n) is 2.23. The first-order valence-corrected chi connectivity index (χ1v) is 6.64. The Morgan fingerprint density at radius 3 is 2.60 bits per heavy atom. The number of hydrogen-bond acceptors (Lipinski definition) is 3. The monoisotopic (exact) mass is 279 g/mol. The van der Waals surface area contributed by atoms with Crippen molar-refractivity contribution in [1.29, 1.82) is 0 Å². The summed E-state index contributed by atoms with van der Waals surface area (Å²) in [6.07, 6.45) is 2.10. The van der Waals surface area contributed by atoms with Crippen LogP contribution in [0.3, 0.4) is 0 Å². The molecule has 0 unspecified atom stereocenters. The third-order valence-electron chi connectivity index (χ3n) is 3.39. The van der Waals surface area contributed by atoms with Crippen LogP contribution in [0.4, 0.5) is 4.39 Å². The number of nitrogens with zero attached hydrogens (tertiary/aromatic N) is 1. The molecule has 1 aromatic rings. The Bertz CT molecular complexity index is 513. The maximum absolute atomic E-state index is 13.7. The predicted molar refractivity (Wildman–Crippen MR) is 72.4 cm³/mol. The van der Waals surface area contributed by atoms with E-state index in [9.17, 15) is 14.0 Å². The van der Waals surface area contributed by atoms with Gasteiger partial charge in [0, 0.05) is 30.8 Å². The molecule has 3 N–H and O–H groups in total. The fourth-order valence-corrected chi connectivity index (χ4v) is 2.23. The van der Waals surface area contributed by atoms with Gasteiger partial charge in [0.05, 0.1) is 6.54 Å². The largest absolute Gasteiger partial charge is 0.366 e. The van der Waals surface area contributed by atoms with Crippen LogP contribution in [0.15, 0.2) is 18.2 Å². The predicted octanol–water partition coefficient (Wildman–Crippen LogP) is 0.637. The van der Waals surface area contributed by atoms with Gasteiger partial charge in [0.25, 0.3) is 0 Å². The zero-order valence-electron chi connectivity index (χ0n) is 11.2. The number of halogens is 1. The summed E-state index contributed by atoms with van der Waals surface area (Å²) in [4.78, 5) is 24.5. The zero-order valence-corrected chi connectivity index (χ0v) is 11.2. The maximum atomic E-state index is 13.7. The normalized spacial score (nSPS) is 14.6. The molecule has 0 radical (unpaired) electrons. The van der Waals surface area contributed by atoms with Crippen molar-refractivity contribution in [2.75, 3.05) is 19.6 Å². The van der Waals surface area contributed by atoms with E-state index in [1.807, 2.05) is 0 Å². The molecule has 0 saturated carbocycles. The average Bonchev–Trinajstić information content (AvgIpc) is 2.94. The summed E-state index contributed by atoms with van der Waals surface area (Å²) < 4.78 is 13.7. The molecule has 0 aromatic heterocycles. The standard InChI is InChI=1S/C14H18FN3O2/c15-12-7-10(14(16)20)3-4-11(12)8-17-9-13(19)18-5-1-2-6-18/h3-4,7,17H,1-2,5-6,8-9H2,(H2,16,20). The molecule has 0 spiro atoms. The van der Waals surface area contributed by atoms with Crippen molar-refractivity contribution in [2.24, 2.45) is 5.73 Å². The number of benzene rings is 1. The number of hydrogen-bond donors (Lipinski definition) is 2. The van der Waals surface area contributed by atoms with E-state index in [1.54, 1.807) is 4.90 Å². The highest BCUT2D eigenvalue weighted by Crippen LogP contribution is 2.10. The third kappa shape index (κ3) is 3.54. The van der Waals surface area contributed by atoms with Gasteiger partial charge in [0.1, 0.15) is 5.82 Å². The lowest BCUT2D eigenvalue weighted by Crippen LogP contribution is -2.36. The Balaban J connectivity index is 1.84. The molecule has 2 rings (SSSR count). The SMILES string of the molecule is NC(=O)c1ccc(CNCC(=O)N2CCCC2)c(F)c1. The number of nitrogens with two attached hydrogens (primary N) is 1. The molecular formula is C14H18FN3O2. The molecule has 0 atom stereocenters. The van der Waals surface area contributed by atoms with E-state index in [1.165, 1.54) is 12.1 Å². The number of amides is 2. The molecule has 0 aliphatic carbocycles. The minimum Gasteiger partial charge on any atom is -0.366 e. The third-order valence-corrected chi connectivity index (χ3v) is 3.39. The Morgan fingerprint density at radius 1 is 1.30 bits per heavy atom. The number of likely N-dealkylation sites (tertiary alicyclic amines) is 1. The lowest BCUT2D eigenvalue weighted by Gasteiger charge is -2.15. The first kappa shape index (κ1) is 14.5. The summed E-state index contributed by atoms with van der Waals surface area (Å²) in [6, 6.07) is 4.09. The number of primary amides is 1. The van der Waals surface area contributed by atoms with Gasteiger partial charge < -0.3 is 16.0 Å². The molecule has 2 amide bonds. The van der Waals surface area contributed by atoms with E-state index < -0.39 is 11.7 Å². The van der Waals surface area contributed by atoms with Crippen molar-refractivity contribution >= 4 is 11.8 Å². The van der Waals surface area contributed by atoms with Crippen LogP contribution >= 0.6 is 0 Å². The summed E-state index contributed by atoms with van der Waals surface area (Å²) in [7, 11) is 0. The second-order valence-corrected chi connectivity index (χ2v) is 4.86. The Morgan fingerprint density at radius 2 is 2.00 bits per heavy atom. The summed E-state index contributed by atoms with van der Waals surface area (Å²) in [5.74, 6) is -1.12. The fraction of sp³-hybridized carbons (Fsp3) is 0.429. The number of carbonyl (C=O) groups is 2. The van der Waals surface area contributed by atoms with Gasteiger partial charge in [-0.25, -0.2) is 4.39 Å². The Kier molecular flexibility index (Phi) is 4.68. The van der Waals surface area contributed by atoms with E-state index in [2.05, 4.69) is 5.32 Å². The minimum absolute atomic E-state index is 0.0386. The lowest BCUT2D eigenvalue weighted by molar-refractivity contribution is -0.129. The van der Waals surface area contributed by atoms with E-state index in [-0.39, 0.29) is 24.6 Å². The van der Waals surface area contributed by atoms with Gasteiger partial charge in [-0.3, -0.25) is 9.59 Å². The molecule has 0 bridgehead atoms. The maximum Gasteiger partial charge on any atom is 0.248 e. The number of carbonyl (C=O) groups excluding carboxylic acids is 2. The molecule has 108 valence electrons. The lowest BCUT2D eigenvalue weighted by atomic mass is 10.1. The quantitative estimate of drug-likeness (QED) is 0.830. The van der Waals surface area contributed by atoms with Gasteiger partial charge in [0.15, 0.2) is 0 Å². The van der Waals surface area contributed by atoms with Gasteiger partial charge in [-0.1, -0.05) is 6.07 Å². The van der Waals surface area contributed by atoms with Crippen LogP contribution < -0.4 is 11.1 Å². The molecule has 6 heteroatoms. The van der Waals surface area contributed by atoms with Crippen LogP contribution in [0.1, 0.15) is 28.8 Å². The first-order chi connectivity index (χ1) is 9.58. The van der Waals surface area contributed by atoms with E-state index >= 15 is 0 Å². The smallest absolute Gasteiger partial charge is 0.248 e. The number of nitrogens with one attached hydrogen (secondary N) is 1. The van der Waals surface area contributed by atoms with Gasteiger partial charge in [-0.2, -0.15) is 0 Å². The molecule has 5 nitrogen and oxygen atoms in total. The van der Waals surface area contributed by atoms with Gasteiger partial charge in [-0.05, 0) is 25.0 Å². The van der Waals surface area contributed by atoms with Crippen molar-refractivity contribution in [3.05, 3.63) is 35.1 Å². The molecule has 1 heterocycles. The van der Waals surface area contributed by atoms with Crippen molar-refractivity contribution in [1.82, 2.24) is 10.2 Å². The van der Waals surface area contributed by atoms with E-state index in [0.29, 0.717) is 5.56 Å². The zero-order chi connectivity index (χ0) is 14.5. The van der Waals surface area contributed by atoms with Gasteiger partial charge in [-0.15, -0.1) is 0 Å². The minimum atomic E-state index is -0.660.